The number of aromatic nitrogens is 2. The Balaban J connectivity index is 1.96. The van der Waals surface area contributed by atoms with E-state index in [0.717, 1.165) is 31.6 Å². The number of carbonyl (C=O) groups is 1. The maximum atomic E-state index is 12.2. The molecule has 100 valence electrons. The molecule has 0 aliphatic carbocycles. The van der Waals surface area contributed by atoms with Crippen molar-refractivity contribution in [1.82, 2.24) is 15.1 Å². The molecule has 1 fully saturated rings. The number of nitrogens with one attached hydrogen (secondary N) is 1. The Bertz CT molecular complexity index is 392. The molecule has 0 radical (unpaired) electrons. The molecule has 1 aromatic heterocycles. The number of piperidine rings is 1. The van der Waals surface area contributed by atoms with Gasteiger partial charge in [-0.1, -0.05) is 20.8 Å². The van der Waals surface area contributed by atoms with Gasteiger partial charge in [0.15, 0.2) is 0 Å². The van der Waals surface area contributed by atoms with Gasteiger partial charge in [0.25, 0.3) is 0 Å². The van der Waals surface area contributed by atoms with Gasteiger partial charge in [0.1, 0.15) is 0 Å². The van der Waals surface area contributed by atoms with E-state index in [-0.39, 0.29) is 11.3 Å². The molecular weight excluding hydrogens is 226 g/mol. The first-order valence-electron chi connectivity index (χ1n) is 6.73. The summed E-state index contributed by atoms with van der Waals surface area (Å²) >= 11 is 0. The Morgan fingerprint density at radius 2 is 2.33 bits per heavy atom. The summed E-state index contributed by atoms with van der Waals surface area (Å²) in [5, 5.41) is 7.02. The number of likely N-dealkylation sites (tertiary alicyclic amines) is 1. The standard InChI is InChI=1S/C14H23N3O/c1-14(2,3)9-13(18)17-8-4-5-11(10-17)12-6-7-15-16-12/h6-7,11H,4-5,8-10H2,1-3H3,(H,15,16). The largest absolute Gasteiger partial charge is 0.342 e. The Hall–Kier alpha value is -1.32. The molecule has 1 aliphatic heterocycles. The molecule has 4 heteroatoms. The highest BCUT2D eigenvalue weighted by molar-refractivity contribution is 5.77. The number of hydrogen-bond acceptors (Lipinski definition) is 2. The van der Waals surface area contributed by atoms with Crippen LogP contribution in [0.1, 0.15) is 51.6 Å². The summed E-state index contributed by atoms with van der Waals surface area (Å²) in [6.45, 7) is 8.07. The number of rotatable bonds is 2. The maximum absolute atomic E-state index is 12.2. The third-order valence-electron chi connectivity index (χ3n) is 3.42. The molecule has 1 N–H and O–H groups in total. The average Bonchev–Trinajstić information content (AvgIpc) is 2.80. The molecule has 1 unspecified atom stereocenters. The second-order valence-electron chi connectivity index (χ2n) is 6.43. The third-order valence-corrected chi connectivity index (χ3v) is 3.42. The Morgan fingerprint density at radius 3 is 2.94 bits per heavy atom. The summed E-state index contributed by atoms with van der Waals surface area (Å²) in [5.74, 6) is 0.705. The summed E-state index contributed by atoms with van der Waals surface area (Å²) in [5.41, 5.74) is 1.22. The third kappa shape index (κ3) is 3.34. The number of hydrogen-bond donors (Lipinski definition) is 1. The fraction of sp³-hybridized carbons (Fsp3) is 0.714. The van der Waals surface area contributed by atoms with E-state index in [1.165, 1.54) is 0 Å². The molecule has 1 aliphatic rings. The van der Waals surface area contributed by atoms with Crippen LogP contribution in [0, 0.1) is 5.41 Å². The van der Waals surface area contributed by atoms with Crippen molar-refractivity contribution in [3.8, 4) is 0 Å². The second kappa shape index (κ2) is 5.12. The van der Waals surface area contributed by atoms with Gasteiger partial charge >= 0.3 is 0 Å². The predicted octanol–water partition coefficient (Wildman–Crippen LogP) is 2.55. The second-order valence-corrected chi connectivity index (χ2v) is 6.43. The molecule has 0 bridgehead atoms. The van der Waals surface area contributed by atoms with Crippen LogP contribution in [0.5, 0.6) is 0 Å². The van der Waals surface area contributed by atoms with Gasteiger partial charge in [-0.2, -0.15) is 5.10 Å². The highest BCUT2D eigenvalue weighted by Gasteiger charge is 2.27. The summed E-state index contributed by atoms with van der Waals surface area (Å²) < 4.78 is 0. The molecule has 1 aromatic rings. The van der Waals surface area contributed by atoms with Crippen LogP contribution in [0.2, 0.25) is 0 Å². The quantitative estimate of drug-likeness (QED) is 0.875. The lowest BCUT2D eigenvalue weighted by Gasteiger charge is -2.34. The molecule has 1 saturated heterocycles. The summed E-state index contributed by atoms with van der Waals surface area (Å²) in [6, 6.07) is 2.02. The predicted molar refractivity (Wildman–Crippen MR) is 71.2 cm³/mol. The van der Waals surface area contributed by atoms with Gasteiger partial charge < -0.3 is 4.90 Å². The monoisotopic (exact) mass is 249 g/mol. The lowest BCUT2D eigenvalue weighted by molar-refractivity contribution is -0.134. The van der Waals surface area contributed by atoms with Gasteiger partial charge in [0.2, 0.25) is 5.91 Å². The van der Waals surface area contributed by atoms with E-state index in [2.05, 4.69) is 31.0 Å². The van der Waals surface area contributed by atoms with Crippen molar-refractivity contribution in [3.63, 3.8) is 0 Å². The molecule has 1 atom stereocenters. The smallest absolute Gasteiger partial charge is 0.223 e. The van der Waals surface area contributed by atoms with Crippen LogP contribution >= 0.6 is 0 Å². The first-order valence-corrected chi connectivity index (χ1v) is 6.73. The van der Waals surface area contributed by atoms with Crippen LogP contribution in [0.15, 0.2) is 12.3 Å². The van der Waals surface area contributed by atoms with Gasteiger partial charge in [0.05, 0.1) is 0 Å². The van der Waals surface area contributed by atoms with Crippen LogP contribution in [0.4, 0.5) is 0 Å². The number of carbonyl (C=O) groups excluding carboxylic acids is 1. The van der Waals surface area contributed by atoms with E-state index in [1.54, 1.807) is 6.20 Å². The summed E-state index contributed by atoms with van der Waals surface area (Å²) in [7, 11) is 0. The lowest BCUT2D eigenvalue weighted by atomic mass is 9.90. The minimum atomic E-state index is 0.0675. The Labute approximate surface area is 109 Å². The zero-order valence-corrected chi connectivity index (χ0v) is 11.6. The molecule has 0 saturated carbocycles. The van der Waals surface area contributed by atoms with Gasteiger partial charge in [-0.15, -0.1) is 0 Å². The normalized spacial score (nSPS) is 21.1. The number of nitrogens with zero attached hydrogens (tertiary/aromatic N) is 2. The van der Waals surface area contributed by atoms with Gasteiger partial charge in [-0.05, 0) is 24.3 Å². The van der Waals surface area contributed by atoms with E-state index in [9.17, 15) is 4.79 Å². The molecular formula is C14H23N3O. The van der Waals surface area contributed by atoms with Crippen LogP contribution < -0.4 is 0 Å². The van der Waals surface area contributed by atoms with Crippen molar-refractivity contribution in [1.29, 1.82) is 0 Å². The molecule has 1 amide bonds. The first kappa shape index (κ1) is 13.1. The summed E-state index contributed by atoms with van der Waals surface area (Å²) in [6.07, 6.45) is 4.63. The molecule has 2 rings (SSSR count). The minimum absolute atomic E-state index is 0.0675. The van der Waals surface area contributed by atoms with Crippen molar-refractivity contribution >= 4 is 5.91 Å². The van der Waals surface area contributed by atoms with Crippen molar-refractivity contribution in [2.24, 2.45) is 5.41 Å². The molecule has 4 nitrogen and oxygen atoms in total. The van der Waals surface area contributed by atoms with Gasteiger partial charge in [0, 0.05) is 37.3 Å². The molecule has 0 spiro atoms. The van der Waals surface area contributed by atoms with E-state index >= 15 is 0 Å². The van der Waals surface area contributed by atoms with Crippen LogP contribution in [-0.2, 0) is 4.79 Å². The molecule has 0 aromatic carbocycles. The minimum Gasteiger partial charge on any atom is -0.342 e. The van der Waals surface area contributed by atoms with Gasteiger partial charge in [-0.3, -0.25) is 9.89 Å². The number of H-pyrrole nitrogens is 1. The summed E-state index contributed by atoms with van der Waals surface area (Å²) in [4.78, 5) is 14.2. The zero-order valence-electron chi connectivity index (χ0n) is 11.6. The van der Waals surface area contributed by atoms with E-state index < -0.39 is 0 Å². The molecule has 2 heterocycles. The van der Waals surface area contributed by atoms with Crippen molar-refractivity contribution in [3.05, 3.63) is 18.0 Å². The van der Waals surface area contributed by atoms with E-state index in [1.807, 2.05) is 11.0 Å². The van der Waals surface area contributed by atoms with E-state index in [4.69, 9.17) is 0 Å². The van der Waals surface area contributed by atoms with Crippen LogP contribution in [0.25, 0.3) is 0 Å². The fourth-order valence-corrected chi connectivity index (χ4v) is 2.52. The van der Waals surface area contributed by atoms with Crippen LogP contribution in [-0.4, -0.2) is 34.1 Å². The number of aromatic amines is 1. The Morgan fingerprint density at radius 1 is 1.56 bits per heavy atom. The average molecular weight is 249 g/mol. The number of amides is 1. The maximum Gasteiger partial charge on any atom is 0.223 e. The highest BCUT2D eigenvalue weighted by atomic mass is 16.2. The van der Waals surface area contributed by atoms with Crippen molar-refractivity contribution in [2.45, 2.75) is 46.0 Å². The SMILES string of the molecule is CC(C)(C)CC(=O)N1CCCC(c2ccn[nH]2)C1. The fourth-order valence-electron chi connectivity index (χ4n) is 2.52. The highest BCUT2D eigenvalue weighted by Crippen LogP contribution is 2.27. The van der Waals surface area contributed by atoms with E-state index in [0.29, 0.717) is 12.3 Å². The molecule has 18 heavy (non-hydrogen) atoms. The Kier molecular flexibility index (Phi) is 3.73. The van der Waals surface area contributed by atoms with Crippen molar-refractivity contribution < 1.29 is 4.79 Å². The topological polar surface area (TPSA) is 49.0 Å². The first-order chi connectivity index (χ1) is 8.46. The lowest BCUT2D eigenvalue weighted by Crippen LogP contribution is -2.40. The zero-order chi connectivity index (χ0) is 13.2. The van der Waals surface area contributed by atoms with Crippen molar-refractivity contribution in [2.75, 3.05) is 13.1 Å². The van der Waals surface area contributed by atoms with Crippen LogP contribution in [0.3, 0.4) is 0 Å². The van der Waals surface area contributed by atoms with Gasteiger partial charge in [-0.25, -0.2) is 0 Å².